The highest BCUT2D eigenvalue weighted by atomic mass is 35.5. The van der Waals surface area contributed by atoms with Gasteiger partial charge in [0.25, 0.3) is 0 Å². The van der Waals surface area contributed by atoms with E-state index in [0.29, 0.717) is 18.2 Å². The van der Waals surface area contributed by atoms with Crippen molar-refractivity contribution in [1.29, 1.82) is 0 Å². The van der Waals surface area contributed by atoms with E-state index in [4.69, 9.17) is 30.8 Å². The van der Waals surface area contributed by atoms with Gasteiger partial charge < -0.3 is 14.2 Å². The van der Waals surface area contributed by atoms with Crippen LogP contribution in [0.25, 0.3) is 0 Å². The van der Waals surface area contributed by atoms with Crippen LogP contribution in [0.15, 0.2) is 41.4 Å². The van der Waals surface area contributed by atoms with Gasteiger partial charge in [-0.15, -0.1) is 0 Å². The highest BCUT2D eigenvalue weighted by molar-refractivity contribution is 6.30. The van der Waals surface area contributed by atoms with Gasteiger partial charge in [0.2, 0.25) is 0 Å². The van der Waals surface area contributed by atoms with Gasteiger partial charge in [0, 0.05) is 27.9 Å². The van der Waals surface area contributed by atoms with Crippen LogP contribution in [-0.2, 0) is 6.54 Å². The second-order valence-electron chi connectivity index (χ2n) is 5.53. The molecular formula is C19H20ClNO3. The fourth-order valence-electron chi connectivity index (χ4n) is 2.74. The lowest BCUT2D eigenvalue weighted by atomic mass is 10.1. The van der Waals surface area contributed by atoms with E-state index in [1.165, 1.54) is 0 Å². The first-order valence-corrected chi connectivity index (χ1v) is 8.26. The molecule has 1 aliphatic heterocycles. The molecule has 4 nitrogen and oxygen atoms in total. The minimum Gasteiger partial charge on any atom is -0.497 e. The monoisotopic (exact) mass is 345 g/mol. The highest BCUT2D eigenvalue weighted by Crippen LogP contribution is 2.29. The van der Waals surface area contributed by atoms with Crippen molar-refractivity contribution in [3.05, 3.63) is 52.5 Å². The number of fused-ring (bicyclic) bond motifs is 1. The van der Waals surface area contributed by atoms with Crippen molar-refractivity contribution in [2.45, 2.75) is 19.4 Å². The first-order chi connectivity index (χ1) is 11.7. The number of halogens is 1. The highest BCUT2D eigenvalue weighted by Gasteiger charge is 2.15. The van der Waals surface area contributed by atoms with Gasteiger partial charge in [0.1, 0.15) is 17.2 Å². The Bertz CT molecular complexity index is 758. The third kappa shape index (κ3) is 3.65. The standard InChI is InChI=1S/C19H20ClNO3/c1-22-15-7-5-13(18(11-15)23-2)12-21-17-4-3-9-24-19-10-14(20)6-8-16(17)19/h5-8,10-11H,3-4,9,12H2,1-2H3. The summed E-state index contributed by atoms with van der Waals surface area (Å²) in [7, 11) is 3.30. The molecule has 5 heteroatoms. The maximum absolute atomic E-state index is 6.07. The molecule has 0 bridgehead atoms. The molecule has 0 saturated carbocycles. The summed E-state index contributed by atoms with van der Waals surface area (Å²) in [5.74, 6) is 2.35. The SMILES string of the molecule is COc1ccc(CN=C2CCCOc3cc(Cl)ccc32)c(OC)c1. The molecule has 126 valence electrons. The molecule has 3 rings (SSSR count). The summed E-state index contributed by atoms with van der Waals surface area (Å²) in [6.07, 6.45) is 1.82. The Morgan fingerprint density at radius 1 is 1.12 bits per heavy atom. The van der Waals surface area contributed by atoms with E-state index >= 15 is 0 Å². The lowest BCUT2D eigenvalue weighted by Crippen LogP contribution is -2.01. The van der Waals surface area contributed by atoms with Gasteiger partial charge >= 0.3 is 0 Å². The van der Waals surface area contributed by atoms with Crippen LogP contribution < -0.4 is 14.2 Å². The van der Waals surface area contributed by atoms with Gasteiger partial charge in [-0.2, -0.15) is 0 Å². The zero-order valence-corrected chi connectivity index (χ0v) is 14.6. The van der Waals surface area contributed by atoms with Gasteiger partial charge in [-0.1, -0.05) is 11.6 Å². The molecule has 1 heterocycles. The normalized spacial score (nSPS) is 15.4. The van der Waals surface area contributed by atoms with Crippen molar-refractivity contribution >= 4 is 17.3 Å². The molecule has 2 aromatic rings. The van der Waals surface area contributed by atoms with Crippen LogP contribution in [0.5, 0.6) is 17.2 Å². The molecule has 0 fully saturated rings. The van der Waals surface area contributed by atoms with Crippen LogP contribution in [0.2, 0.25) is 5.02 Å². The van der Waals surface area contributed by atoms with E-state index < -0.39 is 0 Å². The van der Waals surface area contributed by atoms with E-state index in [-0.39, 0.29) is 0 Å². The molecule has 0 aromatic heterocycles. The minimum absolute atomic E-state index is 0.546. The number of methoxy groups -OCH3 is 2. The molecule has 2 aromatic carbocycles. The third-order valence-corrected chi connectivity index (χ3v) is 4.24. The number of aliphatic imine (C=N–C) groups is 1. The number of rotatable bonds is 4. The van der Waals surface area contributed by atoms with Crippen molar-refractivity contribution in [2.75, 3.05) is 20.8 Å². The average Bonchev–Trinajstić information content (AvgIpc) is 2.81. The Labute approximate surface area is 147 Å². The van der Waals surface area contributed by atoms with E-state index in [9.17, 15) is 0 Å². The summed E-state index contributed by atoms with van der Waals surface area (Å²) >= 11 is 6.07. The summed E-state index contributed by atoms with van der Waals surface area (Å²) in [6.45, 7) is 1.22. The Kier molecular flexibility index (Phi) is 5.26. The van der Waals surface area contributed by atoms with Crippen LogP contribution in [-0.4, -0.2) is 26.5 Å². The molecule has 0 aliphatic carbocycles. The molecular weight excluding hydrogens is 326 g/mol. The Morgan fingerprint density at radius 2 is 2.00 bits per heavy atom. The first-order valence-electron chi connectivity index (χ1n) is 7.88. The molecule has 0 amide bonds. The number of hydrogen-bond donors (Lipinski definition) is 0. The topological polar surface area (TPSA) is 40.0 Å². The second kappa shape index (κ2) is 7.58. The molecule has 0 atom stereocenters. The average molecular weight is 346 g/mol. The molecule has 0 radical (unpaired) electrons. The predicted molar refractivity (Wildman–Crippen MR) is 96.0 cm³/mol. The minimum atomic E-state index is 0.546. The van der Waals surface area contributed by atoms with Crippen LogP contribution in [0, 0.1) is 0 Å². The summed E-state index contributed by atoms with van der Waals surface area (Å²) in [5.41, 5.74) is 3.08. The van der Waals surface area contributed by atoms with E-state index in [0.717, 1.165) is 46.9 Å². The Morgan fingerprint density at radius 3 is 2.79 bits per heavy atom. The maximum atomic E-state index is 6.07. The number of ether oxygens (including phenoxy) is 3. The van der Waals surface area contributed by atoms with Crippen LogP contribution in [0.4, 0.5) is 0 Å². The summed E-state index contributed by atoms with van der Waals surface area (Å²) in [5, 5.41) is 0.673. The Balaban J connectivity index is 1.90. The van der Waals surface area contributed by atoms with Crippen molar-refractivity contribution in [3.63, 3.8) is 0 Å². The fraction of sp³-hybridized carbons (Fsp3) is 0.316. The molecule has 1 aliphatic rings. The fourth-order valence-corrected chi connectivity index (χ4v) is 2.90. The van der Waals surface area contributed by atoms with Gasteiger partial charge in [-0.25, -0.2) is 0 Å². The van der Waals surface area contributed by atoms with Crippen molar-refractivity contribution in [2.24, 2.45) is 4.99 Å². The zero-order chi connectivity index (χ0) is 16.9. The van der Waals surface area contributed by atoms with Crippen LogP contribution in [0.3, 0.4) is 0 Å². The lowest BCUT2D eigenvalue weighted by Gasteiger charge is -2.11. The molecule has 24 heavy (non-hydrogen) atoms. The maximum Gasteiger partial charge on any atom is 0.129 e. The molecule has 0 N–H and O–H groups in total. The second-order valence-corrected chi connectivity index (χ2v) is 5.97. The predicted octanol–water partition coefficient (Wildman–Crippen LogP) is 4.52. The quantitative estimate of drug-likeness (QED) is 0.818. The zero-order valence-electron chi connectivity index (χ0n) is 13.8. The van der Waals surface area contributed by atoms with Gasteiger partial charge in [-0.05, 0) is 43.2 Å². The first kappa shape index (κ1) is 16.7. The van der Waals surface area contributed by atoms with E-state index in [2.05, 4.69) is 0 Å². The van der Waals surface area contributed by atoms with Crippen molar-refractivity contribution in [1.82, 2.24) is 0 Å². The van der Waals surface area contributed by atoms with Gasteiger partial charge in [0.15, 0.2) is 0 Å². The van der Waals surface area contributed by atoms with Crippen molar-refractivity contribution in [3.8, 4) is 17.2 Å². The van der Waals surface area contributed by atoms with Gasteiger partial charge in [-0.3, -0.25) is 4.99 Å². The molecule has 0 saturated heterocycles. The molecule has 0 unspecified atom stereocenters. The molecule has 0 spiro atoms. The smallest absolute Gasteiger partial charge is 0.129 e. The number of hydrogen-bond acceptors (Lipinski definition) is 4. The number of nitrogens with zero attached hydrogens (tertiary/aromatic N) is 1. The van der Waals surface area contributed by atoms with E-state index in [1.54, 1.807) is 14.2 Å². The lowest BCUT2D eigenvalue weighted by molar-refractivity contribution is 0.318. The summed E-state index contributed by atoms with van der Waals surface area (Å²) in [6, 6.07) is 11.5. The van der Waals surface area contributed by atoms with Gasteiger partial charge in [0.05, 0.1) is 27.4 Å². The Hall–Kier alpha value is -2.20. The van der Waals surface area contributed by atoms with Crippen LogP contribution >= 0.6 is 11.6 Å². The third-order valence-electron chi connectivity index (χ3n) is 4.00. The van der Waals surface area contributed by atoms with Crippen molar-refractivity contribution < 1.29 is 14.2 Å². The summed E-state index contributed by atoms with van der Waals surface area (Å²) < 4.78 is 16.5. The largest absolute Gasteiger partial charge is 0.497 e. The number of benzene rings is 2. The van der Waals surface area contributed by atoms with E-state index in [1.807, 2.05) is 36.4 Å². The summed E-state index contributed by atoms with van der Waals surface area (Å²) in [4.78, 5) is 4.82. The van der Waals surface area contributed by atoms with Crippen LogP contribution in [0.1, 0.15) is 24.0 Å².